The standard InChI is InChI=1S/C16H31NO2/c1-3-15(4-2,13-18)12-17-11-14-7-10-16(19-14)8-5-6-9-16/h14,17-18H,3-13H2,1-2H3. The van der Waals surface area contributed by atoms with Gasteiger partial charge in [0.15, 0.2) is 0 Å². The van der Waals surface area contributed by atoms with Crippen molar-refractivity contribution in [2.45, 2.75) is 76.9 Å². The van der Waals surface area contributed by atoms with Crippen LogP contribution in [-0.4, -0.2) is 36.5 Å². The average Bonchev–Trinajstić information content (AvgIpc) is 3.06. The molecule has 1 heterocycles. The Morgan fingerprint density at radius 1 is 1.21 bits per heavy atom. The molecule has 19 heavy (non-hydrogen) atoms. The summed E-state index contributed by atoms with van der Waals surface area (Å²) in [7, 11) is 0. The lowest BCUT2D eigenvalue weighted by atomic mass is 9.83. The van der Waals surface area contributed by atoms with E-state index < -0.39 is 0 Å². The van der Waals surface area contributed by atoms with Gasteiger partial charge in [0.25, 0.3) is 0 Å². The molecular formula is C16H31NO2. The van der Waals surface area contributed by atoms with Crippen LogP contribution in [0.25, 0.3) is 0 Å². The van der Waals surface area contributed by atoms with Crippen LogP contribution in [0.3, 0.4) is 0 Å². The first-order valence-electron chi connectivity index (χ1n) is 8.17. The van der Waals surface area contributed by atoms with Crippen LogP contribution in [0.15, 0.2) is 0 Å². The highest BCUT2D eigenvalue weighted by atomic mass is 16.5. The SMILES string of the molecule is CCC(CC)(CO)CNCC1CCC2(CCCC2)O1. The molecule has 2 rings (SSSR count). The summed E-state index contributed by atoms with van der Waals surface area (Å²) in [5.74, 6) is 0. The third kappa shape index (κ3) is 3.50. The van der Waals surface area contributed by atoms with Crippen LogP contribution in [-0.2, 0) is 4.74 Å². The quantitative estimate of drug-likeness (QED) is 0.747. The summed E-state index contributed by atoms with van der Waals surface area (Å²) in [6.45, 7) is 6.47. The van der Waals surface area contributed by atoms with Crippen LogP contribution in [0.1, 0.15) is 65.2 Å². The van der Waals surface area contributed by atoms with Gasteiger partial charge in [-0.15, -0.1) is 0 Å². The highest BCUT2D eigenvalue weighted by Crippen LogP contribution is 2.43. The van der Waals surface area contributed by atoms with Crippen LogP contribution in [0.4, 0.5) is 0 Å². The molecule has 0 amide bonds. The van der Waals surface area contributed by atoms with Gasteiger partial charge in [0.2, 0.25) is 0 Å². The summed E-state index contributed by atoms with van der Waals surface area (Å²) in [5.41, 5.74) is 0.305. The van der Waals surface area contributed by atoms with Crippen molar-refractivity contribution in [2.24, 2.45) is 5.41 Å². The Morgan fingerprint density at radius 3 is 2.47 bits per heavy atom. The molecule has 0 aromatic rings. The van der Waals surface area contributed by atoms with Crippen molar-refractivity contribution in [3.05, 3.63) is 0 Å². The van der Waals surface area contributed by atoms with Crippen molar-refractivity contribution in [3.8, 4) is 0 Å². The van der Waals surface area contributed by atoms with Gasteiger partial charge >= 0.3 is 0 Å². The molecule has 0 radical (unpaired) electrons. The van der Waals surface area contributed by atoms with E-state index in [1.807, 2.05) is 0 Å². The maximum Gasteiger partial charge on any atom is 0.0708 e. The van der Waals surface area contributed by atoms with Gasteiger partial charge in [0.1, 0.15) is 0 Å². The maximum atomic E-state index is 9.56. The molecule has 112 valence electrons. The fourth-order valence-electron chi connectivity index (χ4n) is 3.70. The first-order valence-corrected chi connectivity index (χ1v) is 8.17. The molecule has 1 aliphatic heterocycles. The molecule has 2 aliphatic rings. The van der Waals surface area contributed by atoms with Gasteiger partial charge in [-0.25, -0.2) is 0 Å². The second kappa shape index (κ2) is 6.55. The van der Waals surface area contributed by atoms with Gasteiger partial charge in [0.05, 0.1) is 11.7 Å². The number of nitrogens with one attached hydrogen (secondary N) is 1. The number of aliphatic hydroxyl groups is 1. The highest BCUT2D eigenvalue weighted by Gasteiger charge is 2.42. The Morgan fingerprint density at radius 2 is 1.89 bits per heavy atom. The van der Waals surface area contributed by atoms with Gasteiger partial charge < -0.3 is 15.2 Å². The second-order valence-electron chi connectivity index (χ2n) is 6.66. The van der Waals surface area contributed by atoms with Crippen LogP contribution in [0.5, 0.6) is 0 Å². The molecule has 3 heteroatoms. The summed E-state index contributed by atoms with van der Waals surface area (Å²) in [4.78, 5) is 0. The van der Waals surface area contributed by atoms with E-state index in [0.717, 1.165) is 25.9 Å². The number of rotatable bonds is 7. The highest BCUT2D eigenvalue weighted by molar-refractivity contribution is 4.93. The third-order valence-corrected chi connectivity index (χ3v) is 5.56. The van der Waals surface area contributed by atoms with Crippen molar-refractivity contribution in [1.82, 2.24) is 5.32 Å². The molecule has 2 N–H and O–H groups in total. The molecule has 1 spiro atoms. The van der Waals surface area contributed by atoms with E-state index in [9.17, 15) is 5.11 Å². The summed E-state index contributed by atoms with van der Waals surface area (Å²) in [6.07, 6.45) is 10.2. The van der Waals surface area contributed by atoms with Crippen molar-refractivity contribution in [2.75, 3.05) is 19.7 Å². The van der Waals surface area contributed by atoms with E-state index in [-0.39, 0.29) is 17.6 Å². The molecule has 1 saturated carbocycles. The normalized spacial score (nSPS) is 26.4. The van der Waals surface area contributed by atoms with Crippen molar-refractivity contribution < 1.29 is 9.84 Å². The van der Waals surface area contributed by atoms with Crippen LogP contribution in [0, 0.1) is 5.41 Å². The Labute approximate surface area is 118 Å². The van der Waals surface area contributed by atoms with Crippen molar-refractivity contribution in [1.29, 1.82) is 0 Å². The average molecular weight is 269 g/mol. The van der Waals surface area contributed by atoms with E-state index >= 15 is 0 Å². The van der Waals surface area contributed by atoms with Crippen LogP contribution in [0.2, 0.25) is 0 Å². The zero-order valence-corrected chi connectivity index (χ0v) is 12.7. The van der Waals surface area contributed by atoms with Gasteiger partial charge in [-0.2, -0.15) is 0 Å². The summed E-state index contributed by atoms with van der Waals surface area (Å²) < 4.78 is 6.30. The van der Waals surface area contributed by atoms with Gasteiger partial charge in [-0.3, -0.25) is 0 Å². The number of aliphatic hydroxyl groups excluding tert-OH is 1. The summed E-state index contributed by atoms with van der Waals surface area (Å²) >= 11 is 0. The van der Waals surface area contributed by atoms with E-state index in [0.29, 0.717) is 6.10 Å². The van der Waals surface area contributed by atoms with Crippen molar-refractivity contribution >= 4 is 0 Å². The zero-order chi connectivity index (χ0) is 13.8. The lowest BCUT2D eigenvalue weighted by Crippen LogP contribution is -2.40. The monoisotopic (exact) mass is 269 g/mol. The Bertz CT molecular complexity index is 262. The Balaban J connectivity index is 1.72. The van der Waals surface area contributed by atoms with E-state index in [1.54, 1.807) is 0 Å². The Kier molecular flexibility index (Phi) is 5.27. The van der Waals surface area contributed by atoms with E-state index in [4.69, 9.17) is 4.74 Å². The fraction of sp³-hybridized carbons (Fsp3) is 1.00. The lowest BCUT2D eigenvalue weighted by Gasteiger charge is -2.30. The van der Waals surface area contributed by atoms with Crippen LogP contribution < -0.4 is 5.32 Å². The van der Waals surface area contributed by atoms with Gasteiger partial charge in [0, 0.05) is 25.1 Å². The molecule has 0 bridgehead atoms. The molecular weight excluding hydrogens is 238 g/mol. The van der Waals surface area contributed by atoms with E-state index in [1.165, 1.54) is 38.5 Å². The minimum atomic E-state index is 0.0592. The smallest absolute Gasteiger partial charge is 0.0708 e. The summed E-state index contributed by atoms with van der Waals surface area (Å²) in [5, 5.41) is 13.1. The predicted octanol–water partition coefficient (Wildman–Crippen LogP) is 2.87. The molecule has 1 atom stereocenters. The Hall–Kier alpha value is -0.120. The molecule has 0 aromatic heterocycles. The van der Waals surface area contributed by atoms with E-state index in [2.05, 4.69) is 19.2 Å². The lowest BCUT2D eigenvalue weighted by molar-refractivity contribution is -0.0363. The van der Waals surface area contributed by atoms with Gasteiger partial charge in [-0.1, -0.05) is 26.7 Å². The maximum absolute atomic E-state index is 9.56. The topological polar surface area (TPSA) is 41.5 Å². The number of hydrogen-bond acceptors (Lipinski definition) is 3. The second-order valence-corrected chi connectivity index (χ2v) is 6.66. The minimum absolute atomic E-state index is 0.0592. The van der Waals surface area contributed by atoms with Crippen molar-refractivity contribution in [3.63, 3.8) is 0 Å². The summed E-state index contributed by atoms with van der Waals surface area (Å²) in [6, 6.07) is 0. The molecule has 1 aliphatic carbocycles. The predicted molar refractivity (Wildman–Crippen MR) is 78.3 cm³/mol. The molecule has 2 fully saturated rings. The zero-order valence-electron chi connectivity index (χ0n) is 12.7. The minimum Gasteiger partial charge on any atom is -0.396 e. The number of ether oxygens (including phenoxy) is 1. The fourth-order valence-corrected chi connectivity index (χ4v) is 3.70. The first-order chi connectivity index (χ1) is 9.17. The van der Waals surface area contributed by atoms with Gasteiger partial charge in [-0.05, 0) is 38.5 Å². The molecule has 1 saturated heterocycles. The first kappa shape index (κ1) is 15.3. The molecule has 3 nitrogen and oxygen atoms in total. The number of hydrogen-bond donors (Lipinski definition) is 2. The largest absolute Gasteiger partial charge is 0.396 e. The third-order valence-electron chi connectivity index (χ3n) is 5.56. The molecule has 0 aromatic carbocycles. The molecule has 1 unspecified atom stereocenters. The van der Waals surface area contributed by atoms with Crippen LogP contribution >= 0.6 is 0 Å².